The molecule has 1 aliphatic heterocycles. The summed E-state index contributed by atoms with van der Waals surface area (Å²) in [4.78, 5) is 25.5. The van der Waals surface area contributed by atoms with Crippen LogP contribution in [0, 0.1) is 0 Å². The molecule has 1 fully saturated rings. The van der Waals surface area contributed by atoms with Crippen LogP contribution < -0.4 is 4.90 Å². The van der Waals surface area contributed by atoms with Gasteiger partial charge in [-0.2, -0.15) is 0 Å². The quantitative estimate of drug-likeness (QED) is 0.564. The van der Waals surface area contributed by atoms with Crippen LogP contribution in [0.25, 0.3) is 6.08 Å². The number of anilines is 1. The van der Waals surface area contributed by atoms with Crippen LogP contribution in [0.5, 0.6) is 0 Å². The minimum Gasteiger partial charge on any atom is -0.478 e. The fraction of sp³-hybridized carbons (Fsp3) is 0. The molecule has 4 nitrogen and oxygen atoms in total. The maximum atomic E-state index is 12.7. The first-order valence-electron chi connectivity index (χ1n) is 6.94. The van der Waals surface area contributed by atoms with Crippen molar-refractivity contribution >= 4 is 75.1 Å². The molecule has 0 unspecified atom stereocenters. The van der Waals surface area contributed by atoms with E-state index in [1.807, 2.05) is 0 Å². The molecule has 0 bridgehead atoms. The zero-order valence-corrected chi connectivity index (χ0v) is 15.5. The van der Waals surface area contributed by atoms with E-state index in [4.69, 9.17) is 40.5 Å². The molecule has 0 aromatic heterocycles. The average Bonchev–Trinajstić information content (AvgIpc) is 2.85. The van der Waals surface area contributed by atoms with Crippen molar-refractivity contribution in [1.29, 1.82) is 0 Å². The second kappa shape index (κ2) is 7.17. The predicted molar refractivity (Wildman–Crippen MR) is 106 cm³/mol. The Kier molecular flexibility index (Phi) is 5.15. The van der Waals surface area contributed by atoms with Crippen LogP contribution in [0.1, 0.15) is 15.9 Å². The molecule has 0 spiro atoms. The molecule has 1 aliphatic rings. The highest BCUT2D eigenvalue weighted by Crippen LogP contribution is 2.38. The van der Waals surface area contributed by atoms with E-state index in [0.29, 0.717) is 30.5 Å². The van der Waals surface area contributed by atoms with Crippen molar-refractivity contribution in [3.8, 4) is 0 Å². The lowest BCUT2D eigenvalue weighted by molar-refractivity contribution is -0.113. The van der Waals surface area contributed by atoms with Crippen LogP contribution in [0.3, 0.4) is 0 Å². The maximum Gasteiger partial charge on any atom is 0.335 e. The fourth-order valence-electron chi connectivity index (χ4n) is 2.25. The van der Waals surface area contributed by atoms with Crippen molar-refractivity contribution in [3.63, 3.8) is 0 Å². The van der Waals surface area contributed by atoms with Gasteiger partial charge < -0.3 is 5.11 Å². The molecule has 3 rings (SSSR count). The van der Waals surface area contributed by atoms with E-state index >= 15 is 0 Å². The van der Waals surface area contributed by atoms with Crippen LogP contribution in [0.4, 0.5) is 5.69 Å². The van der Waals surface area contributed by atoms with Gasteiger partial charge in [0.25, 0.3) is 5.91 Å². The number of aromatic carboxylic acids is 1. The molecule has 0 radical (unpaired) electrons. The van der Waals surface area contributed by atoms with Gasteiger partial charge in [-0.15, -0.1) is 0 Å². The Morgan fingerprint density at radius 2 is 1.80 bits per heavy atom. The van der Waals surface area contributed by atoms with Crippen LogP contribution in [0.15, 0.2) is 47.4 Å². The number of halogens is 2. The third kappa shape index (κ3) is 3.57. The number of thiocarbonyl (C=S) groups is 1. The monoisotopic (exact) mass is 409 g/mol. The van der Waals surface area contributed by atoms with Crippen LogP contribution >= 0.6 is 47.2 Å². The summed E-state index contributed by atoms with van der Waals surface area (Å²) in [6, 6.07) is 11.1. The van der Waals surface area contributed by atoms with Crippen molar-refractivity contribution in [3.05, 3.63) is 68.5 Å². The van der Waals surface area contributed by atoms with Gasteiger partial charge in [0.05, 0.1) is 16.2 Å². The van der Waals surface area contributed by atoms with Gasteiger partial charge in [-0.05, 0) is 36.4 Å². The summed E-state index contributed by atoms with van der Waals surface area (Å²) in [5.41, 5.74) is 1.01. The van der Waals surface area contributed by atoms with Gasteiger partial charge in [0.2, 0.25) is 0 Å². The van der Waals surface area contributed by atoms with Crippen molar-refractivity contribution in [2.45, 2.75) is 0 Å². The highest BCUT2D eigenvalue weighted by atomic mass is 35.5. The molecular weight excluding hydrogens is 401 g/mol. The molecular formula is C17H9Cl2NO3S2. The Labute approximate surface area is 163 Å². The number of carboxylic acids is 1. The molecule has 8 heteroatoms. The largest absolute Gasteiger partial charge is 0.478 e. The van der Waals surface area contributed by atoms with E-state index in [9.17, 15) is 9.59 Å². The minimum absolute atomic E-state index is 0.0738. The SMILES string of the molecule is O=C(O)c1cccc(N2C(=O)C(=Cc3c(Cl)cccc3Cl)SC2=S)c1. The van der Waals surface area contributed by atoms with Crippen molar-refractivity contribution < 1.29 is 14.7 Å². The number of amides is 1. The van der Waals surface area contributed by atoms with Crippen LogP contribution in [-0.2, 0) is 4.79 Å². The molecule has 1 N–H and O–H groups in total. The van der Waals surface area contributed by atoms with Crippen LogP contribution in [-0.4, -0.2) is 21.3 Å². The van der Waals surface area contributed by atoms with Crippen molar-refractivity contribution in [2.75, 3.05) is 4.90 Å². The van der Waals surface area contributed by atoms with Gasteiger partial charge in [-0.25, -0.2) is 4.79 Å². The number of carbonyl (C=O) groups is 2. The molecule has 0 atom stereocenters. The zero-order chi connectivity index (χ0) is 18.1. The van der Waals surface area contributed by atoms with E-state index in [2.05, 4.69) is 0 Å². The summed E-state index contributed by atoms with van der Waals surface area (Å²) in [5, 5.41) is 9.95. The first-order valence-corrected chi connectivity index (χ1v) is 8.92. The smallest absolute Gasteiger partial charge is 0.335 e. The second-order valence-electron chi connectivity index (χ2n) is 5.01. The fourth-order valence-corrected chi connectivity index (χ4v) is 4.04. The zero-order valence-electron chi connectivity index (χ0n) is 12.4. The van der Waals surface area contributed by atoms with Gasteiger partial charge in [-0.3, -0.25) is 9.69 Å². The highest BCUT2D eigenvalue weighted by Gasteiger charge is 2.33. The van der Waals surface area contributed by atoms with E-state index in [1.165, 1.54) is 17.0 Å². The summed E-state index contributed by atoms with van der Waals surface area (Å²) in [6.07, 6.45) is 1.59. The lowest BCUT2D eigenvalue weighted by Crippen LogP contribution is -2.27. The number of benzene rings is 2. The normalized spacial score (nSPS) is 15.9. The third-order valence-corrected chi connectivity index (χ3v) is 5.38. The molecule has 126 valence electrons. The van der Waals surface area contributed by atoms with Gasteiger partial charge in [-0.1, -0.05) is 59.3 Å². The Balaban J connectivity index is 2.00. The first kappa shape index (κ1) is 17.9. The molecule has 1 saturated heterocycles. The second-order valence-corrected chi connectivity index (χ2v) is 7.50. The number of thioether (sulfide) groups is 1. The lowest BCUT2D eigenvalue weighted by Gasteiger charge is -2.14. The third-order valence-electron chi connectivity index (χ3n) is 3.42. The maximum absolute atomic E-state index is 12.7. The molecule has 25 heavy (non-hydrogen) atoms. The minimum atomic E-state index is -1.08. The van der Waals surface area contributed by atoms with Gasteiger partial charge in [0.1, 0.15) is 0 Å². The number of hydrogen-bond donors (Lipinski definition) is 1. The van der Waals surface area contributed by atoms with E-state index in [0.717, 1.165) is 11.8 Å². The van der Waals surface area contributed by atoms with Gasteiger partial charge in [0, 0.05) is 15.6 Å². The number of hydrogen-bond acceptors (Lipinski definition) is 4. The van der Waals surface area contributed by atoms with Gasteiger partial charge in [0.15, 0.2) is 4.32 Å². The van der Waals surface area contributed by atoms with Crippen molar-refractivity contribution in [2.24, 2.45) is 0 Å². The number of carboxylic acid groups (broad SMARTS) is 1. The number of nitrogens with zero attached hydrogens (tertiary/aromatic N) is 1. The summed E-state index contributed by atoms with van der Waals surface area (Å²) in [6.45, 7) is 0. The Morgan fingerprint density at radius 3 is 2.44 bits per heavy atom. The standard InChI is InChI=1S/C17H9Cl2NO3S2/c18-12-5-2-6-13(19)11(12)8-14-15(21)20(17(24)25-14)10-4-1-3-9(7-10)16(22)23/h1-8H,(H,22,23). The number of rotatable bonds is 3. The molecule has 2 aromatic rings. The highest BCUT2D eigenvalue weighted by molar-refractivity contribution is 8.27. The average molecular weight is 410 g/mol. The van der Waals surface area contributed by atoms with Gasteiger partial charge >= 0.3 is 5.97 Å². The summed E-state index contributed by atoms with van der Waals surface area (Å²) in [5.74, 6) is -1.43. The van der Waals surface area contributed by atoms with E-state index < -0.39 is 5.97 Å². The Hall–Kier alpha value is -1.86. The molecule has 1 amide bonds. The van der Waals surface area contributed by atoms with E-state index in [1.54, 1.807) is 36.4 Å². The van der Waals surface area contributed by atoms with Crippen molar-refractivity contribution in [1.82, 2.24) is 0 Å². The first-order chi connectivity index (χ1) is 11.9. The molecule has 0 aliphatic carbocycles. The summed E-state index contributed by atoms with van der Waals surface area (Å²) >= 11 is 18.7. The van der Waals surface area contributed by atoms with E-state index in [-0.39, 0.29) is 11.5 Å². The topological polar surface area (TPSA) is 57.6 Å². The molecule has 0 saturated carbocycles. The molecule has 1 heterocycles. The lowest BCUT2D eigenvalue weighted by atomic mass is 10.2. The predicted octanol–water partition coefficient (Wildman–Crippen LogP) is 5.10. The summed E-state index contributed by atoms with van der Waals surface area (Å²) in [7, 11) is 0. The summed E-state index contributed by atoms with van der Waals surface area (Å²) < 4.78 is 0.307. The van der Waals surface area contributed by atoms with Crippen LogP contribution in [0.2, 0.25) is 10.0 Å². The Morgan fingerprint density at radius 1 is 1.16 bits per heavy atom. The Bertz CT molecular complexity index is 923. The number of carbonyl (C=O) groups excluding carboxylic acids is 1. The molecule has 2 aromatic carbocycles.